The van der Waals surface area contributed by atoms with Crippen LogP contribution in [-0.2, 0) is 5.41 Å². The molecule has 0 aromatic heterocycles. The predicted octanol–water partition coefficient (Wildman–Crippen LogP) is 4.87. The molecule has 1 aliphatic rings. The van der Waals surface area contributed by atoms with Gasteiger partial charge in [-0.15, -0.1) is 0 Å². The topological polar surface area (TPSA) is 12.0 Å². The normalized spacial score (nSPS) is 23.5. The molecule has 2 unspecified atom stereocenters. The van der Waals surface area contributed by atoms with Crippen molar-refractivity contribution in [1.29, 1.82) is 0 Å². The number of hydrogen-bond donors (Lipinski definition) is 1. The fourth-order valence-corrected chi connectivity index (χ4v) is 2.92. The van der Waals surface area contributed by atoms with Crippen LogP contribution in [0.3, 0.4) is 0 Å². The summed E-state index contributed by atoms with van der Waals surface area (Å²) in [6.07, 6.45) is 2.72. The van der Waals surface area contributed by atoms with E-state index in [0.717, 1.165) is 18.4 Å². The first-order valence-corrected chi connectivity index (χ1v) is 8.02. The van der Waals surface area contributed by atoms with Gasteiger partial charge in [0.25, 0.3) is 0 Å². The zero-order valence-electron chi connectivity index (χ0n) is 14.1. The van der Waals surface area contributed by atoms with Crippen molar-refractivity contribution in [2.24, 2.45) is 5.92 Å². The van der Waals surface area contributed by atoms with E-state index in [-0.39, 0.29) is 11.0 Å². The molecule has 2 rings (SSSR count). The molecule has 1 aromatic rings. The number of benzene rings is 1. The van der Waals surface area contributed by atoms with Gasteiger partial charge in [-0.25, -0.2) is 0 Å². The van der Waals surface area contributed by atoms with Gasteiger partial charge in [-0.2, -0.15) is 0 Å². The smallest absolute Gasteiger partial charge is 0.00966 e. The maximum atomic E-state index is 3.66. The third-order valence-corrected chi connectivity index (χ3v) is 4.52. The molecule has 20 heavy (non-hydrogen) atoms. The van der Waals surface area contributed by atoms with Crippen LogP contribution in [0.15, 0.2) is 24.3 Å². The molecule has 1 heteroatoms. The Morgan fingerprint density at radius 1 is 0.950 bits per heavy atom. The van der Waals surface area contributed by atoms with E-state index in [2.05, 4.69) is 71.1 Å². The largest absolute Gasteiger partial charge is 0.312 e. The quantitative estimate of drug-likeness (QED) is 0.829. The molecule has 0 saturated heterocycles. The van der Waals surface area contributed by atoms with Crippen molar-refractivity contribution in [3.63, 3.8) is 0 Å². The van der Waals surface area contributed by atoms with E-state index >= 15 is 0 Å². The highest BCUT2D eigenvalue weighted by molar-refractivity contribution is 5.31. The lowest BCUT2D eigenvalue weighted by Crippen LogP contribution is -2.42. The lowest BCUT2D eigenvalue weighted by molar-refractivity contribution is 0.225. The van der Waals surface area contributed by atoms with Crippen LogP contribution in [0.25, 0.3) is 0 Å². The first kappa shape index (κ1) is 15.6. The molecular formula is C19H31N. The summed E-state index contributed by atoms with van der Waals surface area (Å²) in [7, 11) is 0. The van der Waals surface area contributed by atoms with Gasteiger partial charge in [-0.3, -0.25) is 0 Å². The summed E-state index contributed by atoms with van der Waals surface area (Å²) in [5, 5.41) is 3.66. The molecule has 0 amide bonds. The van der Waals surface area contributed by atoms with E-state index in [1.165, 1.54) is 24.0 Å². The Kier molecular flexibility index (Phi) is 4.30. The third-order valence-electron chi connectivity index (χ3n) is 4.52. The second-order valence-corrected chi connectivity index (χ2v) is 8.45. The van der Waals surface area contributed by atoms with Crippen LogP contribution in [-0.4, -0.2) is 12.1 Å². The SMILES string of the molecule is CC(C)(C)NCC1CCC1c1ccc(C(C)(C)C)cc1. The van der Waals surface area contributed by atoms with Crippen LogP contribution in [0, 0.1) is 5.92 Å². The van der Waals surface area contributed by atoms with Gasteiger partial charge in [-0.1, -0.05) is 45.0 Å². The van der Waals surface area contributed by atoms with Gasteiger partial charge in [0.15, 0.2) is 0 Å². The van der Waals surface area contributed by atoms with E-state index < -0.39 is 0 Å². The maximum absolute atomic E-state index is 3.66. The second-order valence-electron chi connectivity index (χ2n) is 8.45. The molecule has 1 saturated carbocycles. The van der Waals surface area contributed by atoms with Gasteiger partial charge < -0.3 is 5.32 Å². The summed E-state index contributed by atoms with van der Waals surface area (Å²) >= 11 is 0. The van der Waals surface area contributed by atoms with Gasteiger partial charge in [0, 0.05) is 5.54 Å². The fourth-order valence-electron chi connectivity index (χ4n) is 2.92. The molecule has 112 valence electrons. The zero-order valence-corrected chi connectivity index (χ0v) is 14.1. The van der Waals surface area contributed by atoms with E-state index in [0.29, 0.717) is 0 Å². The number of hydrogen-bond acceptors (Lipinski definition) is 1. The Labute approximate surface area is 125 Å². The van der Waals surface area contributed by atoms with Gasteiger partial charge in [0.2, 0.25) is 0 Å². The van der Waals surface area contributed by atoms with Crippen molar-refractivity contribution in [2.75, 3.05) is 6.54 Å². The zero-order chi connectivity index (χ0) is 15.0. The molecule has 1 fully saturated rings. The minimum absolute atomic E-state index is 0.232. The second kappa shape index (κ2) is 5.52. The minimum Gasteiger partial charge on any atom is -0.312 e. The molecule has 2 atom stereocenters. The molecule has 0 bridgehead atoms. The summed E-state index contributed by atoms with van der Waals surface area (Å²) < 4.78 is 0. The first-order chi connectivity index (χ1) is 9.17. The highest BCUT2D eigenvalue weighted by Crippen LogP contribution is 2.42. The van der Waals surface area contributed by atoms with Crippen molar-refractivity contribution in [2.45, 2.75) is 71.3 Å². The van der Waals surface area contributed by atoms with E-state index in [1.54, 1.807) is 0 Å². The van der Waals surface area contributed by atoms with Crippen molar-refractivity contribution >= 4 is 0 Å². The van der Waals surface area contributed by atoms with Crippen LogP contribution in [0.4, 0.5) is 0 Å². The number of nitrogens with one attached hydrogen (secondary N) is 1. The Bertz CT molecular complexity index is 430. The Morgan fingerprint density at radius 2 is 1.55 bits per heavy atom. The highest BCUT2D eigenvalue weighted by atomic mass is 14.9. The lowest BCUT2D eigenvalue weighted by atomic mass is 9.69. The molecule has 0 aliphatic heterocycles. The lowest BCUT2D eigenvalue weighted by Gasteiger charge is -2.39. The summed E-state index contributed by atoms with van der Waals surface area (Å²) in [5.74, 6) is 1.58. The summed E-state index contributed by atoms with van der Waals surface area (Å²) in [6, 6.07) is 9.35. The molecule has 1 nitrogen and oxygen atoms in total. The number of rotatable bonds is 3. The standard InChI is InChI=1S/C19H31N/c1-18(2,3)16-10-7-14(8-11-16)17-12-9-15(17)13-20-19(4,5)6/h7-8,10-11,15,17,20H,9,12-13H2,1-6H3. The average molecular weight is 273 g/mol. The Morgan fingerprint density at radius 3 is 1.95 bits per heavy atom. The molecule has 1 N–H and O–H groups in total. The van der Waals surface area contributed by atoms with Gasteiger partial charge in [-0.05, 0) is 68.5 Å². The van der Waals surface area contributed by atoms with Gasteiger partial charge in [0.1, 0.15) is 0 Å². The van der Waals surface area contributed by atoms with Crippen molar-refractivity contribution < 1.29 is 0 Å². The molecule has 1 aliphatic carbocycles. The summed E-state index contributed by atoms with van der Waals surface area (Å²) in [4.78, 5) is 0. The van der Waals surface area contributed by atoms with Crippen LogP contribution in [0.5, 0.6) is 0 Å². The third kappa shape index (κ3) is 3.85. The Balaban J connectivity index is 1.98. The van der Waals surface area contributed by atoms with E-state index in [1.807, 2.05) is 0 Å². The molecular weight excluding hydrogens is 242 g/mol. The van der Waals surface area contributed by atoms with Crippen LogP contribution in [0.2, 0.25) is 0 Å². The van der Waals surface area contributed by atoms with Crippen LogP contribution >= 0.6 is 0 Å². The predicted molar refractivity (Wildman–Crippen MR) is 88.4 cm³/mol. The average Bonchev–Trinajstić information content (AvgIpc) is 2.25. The summed E-state index contributed by atoms with van der Waals surface area (Å²) in [5.41, 5.74) is 3.46. The fraction of sp³-hybridized carbons (Fsp3) is 0.684. The molecule has 1 aromatic carbocycles. The maximum Gasteiger partial charge on any atom is 0.00966 e. The van der Waals surface area contributed by atoms with Crippen LogP contribution < -0.4 is 5.32 Å². The van der Waals surface area contributed by atoms with Crippen molar-refractivity contribution in [1.82, 2.24) is 5.32 Å². The molecule has 0 heterocycles. The highest BCUT2D eigenvalue weighted by Gasteiger charge is 2.32. The Hall–Kier alpha value is -0.820. The monoisotopic (exact) mass is 273 g/mol. The summed E-state index contributed by atoms with van der Waals surface area (Å²) in [6.45, 7) is 14.7. The van der Waals surface area contributed by atoms with Crippen LogP contribution in [0.1, 0.15) is 71.4 Å². The molecule has 0 spiro atoms. The van der Waals surface area contributed by atoms with E-state index in [4.69, 9.17) is 0 Å². The van der Waals surface area contributed by atoms with Crippen molar-refractivity contribution in [3.8, 4) is 0 Å². The molecule has 0 radical (unpaired) electrons. The minimum atomic E-state index is 0.232. The van der Waals surface area contributed by atoms with Gasteiger partial charge >= 0.3 is 0 Å². The first-order valence-electron chi connectivity index (χ1n) is 8.02. The van der Waals surface area contributed by atoms with Gasteiger partial charge in [0.05, 0.1) is 0 Å². The van der Waals surface area contributed by atoms with E-state index in [9.17, 15) is 0 Å². The van der Waals surface area contributed by atoms with Crippen molar-refractivity contribution in [3.05, 3.63) is 35.4 Å².